The molecule has 2 aromatic carbocycles. The van der Waals surface area contributed by atoms with E-state index >= 15 is 0 Å². The Balaban J connectivity index is 0.00000420. The Morgan fingerprint density at radius 3 is 2.26 bits per heavy atom. The molecule has 0 aromatic heterocycles. The summed E-state index contributed by atoms with van der Waals surface area (Å²) in [6, 6.07) is 8.75. The van der Waals surface area contributed by atoms with Crippen molar-refractivity contribution < 1.29 is 22.8 Å². The fourth-order valence-corrected chi connectivity index (χ4v) is 6.41. The lowest BCUT2D eigenvalue weighted by Gasteiger charge is -2.47. The lowest BCUT2D eigenvalue weighted by Crippen LogP contribution is -2.55. The van der Waals surface area contributed by atoms with Gasteiger partial charge < -0.3 is 9.80 Å². The second kappa shape index (κ2) is 13.0. The Kier molecular flexibility index (Phi) is 10.7. The quantitative estimate of drug-likeness (QED) is 0.347. The third-order valence-electron chi connectivity index (χ3n) is 7.70. The smallest absolute Gasteiger partial charge is 0.343 e. The fraction of sp³-hybridized carbons (Fsp3) is 0.481. The molecule has 2 saturated heterocycles. The highest BCUT2D eigenvalue weighted by Crippen LogP contribution is 2.37. The first-order valence-electron chi connectivity index (χ1n) is 12.4. The number of halogens is 7. The van der Waals surface area contributed by atoms with Crippen molar-refractivity contribution in [2.24, 2.45) is 0 Å². The summed E-state index contributed by atoms with van der Waals surface area (Å²) in [6.07, 6.45) is -2.19. The van der Waals surface area contributed by atoms with Gasteiger partial charge in [0.25, 0.3) is 5.91 Å². The minimum atomic E-state index is -4.57. The van der Waals surface area contributed by atoms with E-state index in [9.17, 15) is 22.8 Å². The van der Waals surface area contributed by atoms with Crippen LogP contribution in [0.25, 0.3) is 0 Å². The van der Waals surface area contributed by atoms with Crippen LogP contribution < -0.4 is 0 Å². The number of alkyl halides is 3. The molecule has 39 heavy (non-hydrogen) atoms. The van der Waals surface area contributed by atoms with E-state index in [4.69, 9.17) is 23.2 Å². The number of hydrogen-bond acceptors (Lipinski definition) is 3. The molecule has 2 fully saturated rings. The largest absolute Gasteiger partial charge is 0.416 e. The van der Waals surface area contributed by atoms with Crippen LogP contribution in [0.3, 0.4) is 0 Å². The first-order valence-corrected chi connectivity index (χ1v) is 14.0. The topological polar surface area (TPSA) is 43.9 Å². The van der Waals surface area contributed by atoms with E-state index in [-0.39, 0.29) is 40.3 Å². The first kappa shape index (κ1) is 32.0. The average molecular weight is 672 g/mol. The molecule has 2 heterocycles. The maximum absolute atomic E-state index is 13.5. The monoisotopic (exact) mass is 669 g/mol. The predicted octanol–water partition coefficient (Wildman–Crippen LogP) is 7.14. The maximum Gasteiger partial charge on any atom is 0.416 e. The number of rotatable bonds is 4. The molecular weight excluding hydrogens is 642 g/mol. The van der Waals surface area contributed by atoms with Gasteiger partial charge >= 0.3 is 6.18 Å². The van der Waals surface area contributed by atoms with Crippen molar-refractivity contribution in [2.45, 2.75) is 50.4 Å². The minimum absolute atomic E-state index is 0. The van der Waals surface area contributed by atoms with E-state index in [1.165, 1.54) is 6.07 Å². The van der Waals surface area contributed by atoms with E-state index in [2.05, 4.69) is 20.8 Å². The van der Waals surface area contributed by atoms with E-state index in [0.717, 1.165) is 37.1 Å². The van der Waals surface area contributed by atoms with Crippen molar-refractivity contribution in [1.29, 1.82) is 0 Å². The number of carbonyl (C=O) groups excluding carboxylic acids is 2. The van der Waals surface area contributed by atoms with Crippen molar-refractivity contribution in [3.63, 3.8) is 0 Å². The number of carbonyl (C=O) groups is 2. The van der Waals surface area contributed by atoms with Crippen LogP contribution in [-0.2, 0) is 11.0 Å². The maximum atomic E-state index is 13.5. The number of nitrogens with zero attached hydrogens (tertiary/aromatic N) is 3. The molecule has 2 unspecified atom stereocenters. The lowest BCUT2D eigenvalue weighted by atomic mass is 9.83. The molecule has 0 spiro atoms. The highest BCUT2D eigenvalue weighted by atomic mass is 79.9. The molecule has 0 radical (unpaired) electrons. The lowest BCUT2D eigenvalue weighted by molar-refractivity contribution is -0.137. The standard InChI is InChI=1S/C27H29BrCl2F3N3O2.ClH/c1-16(37)35-8-5-21(6-9-35)36-10-7-25(22(15-36)17-3-4-23(29)24(30)13-17)34(2)26(38)18-11-19(27(31,32)33)14-20(28)12-18;/h3-4,11-14,21-22,25H,5-10,15H2,1-2H3;1H. The van der Waals surface area contributed by atoms with Gasteiger partial charge in [-0.25, -0.2) is 0 Å². The second-order valence-corrected chi connectivity index (χ2v) is 11.7. The number of piperidine rings is 2. The molecule has 0 N–H and O–H groups in total. The normalized spacial score (nSPS) is 20.9. The highest BCUT2D eigenvalue weighted by Gasteiger charge is 2.39. The van der Waals surface area contributed by atoms with Gasteiger partial charge in [-0.3, -0.25) is 14.5 Å². The van der Waals surface area contributed by atoms with Crippen LogP contribution in [0.1, 0.15) is 53.6 Å². The van der Waals surface area contributed by atoms with E-state index in [1.54, 1.807) is 24.9 Å². The molecule has 2 aliphatic rings. The van der Waals surface area contributed by atoms with Crippen LogP contribution in [-0.4, -0.2) is 71.8 Å². The molecule has 2 aromatic rings. The van der Waals surface area contributed by atoms with Gasteiger partial charge in [0.1, 0.15) is 0 Å². The Morgan fingerprint density at radius 1 is 1.00 bits per heavy atom. The van der Waals surface area contributed by atoms with Crippen LogP contribution in [0.2, 0.25) is 10.0 Å². The molecule has 0 saturated carbocycles. The Bertz CT molecular complexity index is 1210. The van der Waals surface area contributed by atoms with Gasteiger partial charge in [-0.05, 0) is 55.2 Å². The molecule has 12 heteroatoms. The van der Waals surface area contributed by atoms with E-state index in [0.29, 0.717) is 42.1 Å². The van der Waals surface area contributed by atoms with Gasteiger partial charge in [-0.2, -0.15) is 13.2 Å². The summed E-state index contributed by atoms with van der Waals surface area (Å²) in [7, 11) is 1.65. The van der Waals surface area contributed by atoms with Gasteiger partial charge in [0.05, 0.1) is 15.6 Å². The van der Waals surface area contributed by atoms with Crippen LogP contribution in [0.15, 0.2) is 40.9 Å². The summed E-state index contributed by atoms with van der Waals surface area (Å²) in [4.78, 5) is 31.1. The molecular formula is C27H30BrCl3F3N3O2. The van der Waals surface area contributed by atoms with Crippen LogP contribution in [0.4, 0.5) is 13.2 Å². The summed E-state index contributed by atoms with van der Waals surface area (Å²) < 4.78 is 40.4. The zero-order valence-corrected chi connectivity index (χ0v) is 25.4. The van der Waals surface area contributed by atoms with Crippen LogP contribution >= 0.6 is 51.5 Å². The SMILES string of the molecule is CC(=O)N1CCC(N2CCC(N(C)C(=O)c3cc(Br)cc(C(F)(F)F)c3)C(c3ccc(Cl)c(Cl)c3)C2)CC1.Cl. The van der Waals surface area contributed by atoms with Gasteiger partial charge in [-0.15, -0.1) is 12.4 Å². The summed E-state index contributed by atoms with van der Waals surface area (Å²) >= 11 is 15.6. The van der Waals surface area contributed by atoms with Gasteiger partial charge in [0, 0.05) is 68.2 Å². The molecule has 214 valence electrons. The van der Waals surface area contributed by atoms with E-state index in [1.807, 2.05) is 17.0 Å². The molecule has 0 bridgehead atoms. The van der Waals surface area contributed by atoms with Gasteiger partial charge in [0.2, 0.25) is 5.91 Å². The van der Waals surface area contributed by atoms with Crippen molar-refractivity contribution >= 4 is 63.4 Å². The van der Waals surface area contributed by atoms with Gasteiger partial charge in [0.15, 0.2) is 0 Å². The van der Waals surface area contributed by atoms with Gasteiger partial charge in [-0.1, -0.05) is 45.2 Å². The number of likely N-dealkylation sites (tertiary alicyclic amines) is 2. The average Bonchev–Trinajstić information content (AvgIpc) is 2.88. The number of likely N-dealkylation sites (N-methyl/N-ethyl adjacent to an activating group) is 1. The van der Waals surface area contributed by atoms with Crippen molar-refractivity contribution in [3.8, 4) is 0 Å². The van der Waals surface area contributed by atoms with Crippen molar-refractivity contribution in [3.05, 3.63) is 67.6 Å². The molecule has 0 aliphatic carbocycles. The zero-order chi connectivity index (χ0) is 27.8. The van der Waals surface area contributed by atoms with Crippen LogP contribution in [0, 0.1) is 0 Å². The third kappa shape index (κ3) is 7.41. The second-order valence-electron chi connectivity index (χ2n) is 10.0. The molecule has 2 aliphatic heterocycles. The summed E-state index contributed by atoms with van der Waals surface area (Å²) in [5.74, 6) is -0.528. The predicted molar refractivity (Wildman–Crippen MR) is 153 cm³/mol. The summed E-state index contributed by atoms with van der Waals surface area (Å²) in [6.45, 7) is 4.39. The number of amides is 2. The summed E-state index contributed by atoms with van der Waals surface area (Å²) in [5.41, 5.74) is 0.0117. The molecule has 5 nitrogen and oxygen atoms in total. The van der Waals surface area contributed by atoms with E-state index < -0.39 is 17.6 Å². The first-order chi connectivity index (χ1) is 17.8. The number of benzene rings is 2. The Morgan fingerprint density at radius 2 is 1.67 bits per heavy atom. The Labute approximate surface area is 251 Å². The number of hydrogen-bond donors (Lipinski definition) is 0. The molecule has 2 atom stereocenters. The highest BCUT2D eigenvalue weighted by molar-refractivity contribution is 9.10. The minimum Gasteiger partial charge on any atom is -0.343 e. The summed E-state index contributed by atoms with van der Waals surface area (Å²) in [5, 5.41) is 0.833. The van der Waals surface area contributed by atoms with Crippen molar-refractivity contribution in [2.75, 3.05) is 33.2 Å². The third-order valence-corrected chi connectivity index (χ3v) is 8.89. The fourth-order valence-electron chi connectivity index (χ4n) is 5.61. The zero-order valence-electron chi connectivity index (χ0n) is 21.5. The van der Waals surface area contributed by atoms with Crippen LogP contribution in [0.5, 0.6) is 0 Å². The Hall–Kier alpha value is -1.52. The molecule has 4 rings (SSSR count). The van der Waals surface area contributed by atoms with Crippen molar-refractivity contribution in [1.82, 2.24) is 14.7 Å². The molecule has 2 amide bonds.